The number of rotatable bonds is 9. The van der Waals surface area contributed by atoms with Gasteiger partial charge in [0.25, 0.3) is 0 Å². The van der Waals surface area contributed by atoms with E-state index in [2.05, 4.69) is 33.7 Å². The number of unbranched alkanes of at least 4 members (excludes halogenated alkanes) is 1. The third kappa shape index (κ3) is 4.80. The van der Waals surface area contributed by atoms with Crippen molar-refractivity contribution in [1.82, 2.24) is 24.4 Å². The van der Waals surface area contributed by atoms with E-state index in [0.717, 1.165) is 32.2 Å². The summed E-state index contributed by atoms with van der Waals surface area (Å²) < 4.78 is 7.25. The van der Waals surface area contributed by atoms with Crippen LogP contribution in [0.5, 0.6) is 6.01 Å². The van der Waals surface area contributed by atoms with Crippen LogP contribution >= 0.6 is 0 Å². The number of anilines is 1. The minimum atomic E-state index is -0.185. The number of imidazole rings is 1. The van der Waals surface area contributed by atoms with Gasteiger partial charge in [-0.1, -0.05) is 20.3 Å². The zero-order valence-corrected chi connectivity index (χ0v) is 16.5. The maximum atomic E-state index is 12.4. The number of nitrogens with two attached hydrogens (primary N) is 1. The molecule has 0 spiro atoms. The molecule has 1 aliphatic heterocycles. The fourth-order valence-electron chi connectivity index (χ4n) is 3.82. The van der Waals surface area contributed by atoms with E-state index >= 15 is 0 Å². The molecule has 27 heavy (non-hydrogen) atoms. The smallest absolute Gasteiger partial charge is 0.327 e. The molecule has 0 radical (unpaired) electrons. The highest BCUT2D eigenvalue weighted by Crippen LogP contribution is 2.22. The van der Waals surface area contributed by atoms with Gasteiger partial charge in [0, 0.05) is 13.1 Å². The number of nitrogens with one attached hydrogen (secondary N) is 1. The number of H-pyrrole nitrogens is 1. The van der Waals surface area contributed by atoms with E-state index in [1.165, 1.54) is 25.9 Å². The second kappa shape index (κ2) is 9.21. The molecular formula is C19H32N6O2. The van der Waals surface area contributed by atoms with Crippen LogP contribution < -0.4 is 16.2 Å². The van der Waals surface area contributed by atoms with Gasteiger partial charge in [-0.2, -0.15) is 9.97 Å². The molecule has 2 aromatic heterocycles. The fourth-order valence-corrected chi connectivity index (χ4v) is 3.82. The number of aryl methyl sites for hydroxylation is 1. The number of likely N-dealkylation sites (tertiary alicyclic amines) is 1. The van der Waals surface area contributed by atoms with E-state index in [0.29, 0.717) is 30.2 Å². The largest absolute Gasteiger partial charge is 0.463 e. The number of aromatic amines is 1. The molecule has 0 aliphatic carbocycles. The van der Waals surface area contributed by atoms with E-state index < -0.39 is 0 Å². The summed E-state index contributed by atoms with van der Waals surface area (Å²) >= 11 is 0. The highest BCUT2D eigenvalue weighted by atomic mass is 16.5. The number of nitrogens with zero attached hydrogens (tertiary/aromatic N) is 4. The van der Waals surface area contributed by atoms with Crippen molar-refractivity contribution in [3.63, 3.8) is 0 Å². The van der Waals surface area contributed by atoms with E-state index in [-0.39, 0.29) is 17.5 Å². The molecule has 1 atom stereocenters. The number of aromatic nitrogens is 4. The van der Waals surface area contributed by atoms with Gasteiger partial charge < -0.3 is 20.4 Å². The molecular weight excluding hydrogens is 344 g/mol. The fraction of sp³-hybridized carbons (Fsp3) is 0.737. The second-order valence-electron chi connectivity index (χ2n) is 7.42. The average Bonchev–Trinajstić information content (AvgIpc) is 2.99. The summed E-state index contributed by atoms with van der Waals surface area (Å²) in [6.07, 6.45) is 6.58. The third-order valence-corrected chi connectivity index (χ3v) is 5.40. The molecule has 1 fully saturated rings. The highest BCUT2D eigenvalue weighted by Gasteiger charge is 2.19. The van der Waals surface area contributed by atoms with Gasteiger partial charge in [0.1, 0.15) is 5.52 Å². The maximum absolute atomic E-state index is 12.4. The molecule has 8 nitrogen and oxygen atoms in total. The number of fused-ring (bicyclic) bond motifs is 1. The quantitative estimate of drug-likeness (QED) is 0.652. The summed E-state index contributed by atoms with van der Waals surface area (Å²) in [5.74, 6) is 0.973. The lowest BCUT2D eigenvalue weighted by Crippen LogP contribution is -2.35. The van der Waals surface area contributed by atoms with Crippen molar-refractivity contribution >= 4 is 17.0 Å². The van der Waals surface area contributed by atoms with Crippen molar-refractivity contribution in [3.05, 3.63) is 10.5 Å². The Morgan fingerprint density at radius 2 is 2.15 bits per heavy atom. The lowest BCUT2D eigenvalue weighted by Gasteiger charge is -2.31. The van der Waals surface area contributed by atoms with Gasteiger partial charge in [-0.15, -0.1) is 0 Å². The van der Waals surface area contributed by atoms with Crippen molar-refractivity contribution in [2.45, 2.75) is 58.9 Å². The van der Waals surface area contributed by atoms with Crippen molar-refractivity contribution in [2.24, 2.45) is 5.92 Å². The van der Waals surface area contributed by atoms with E-state index in [9.17, 15) is 4.79 Å². The van der Waals surface area contributed by atoms with Crippen LogP contribution in [0.3, 0.4) is 0 Å². The monoisotopic (exact) mass is 376 g/mol. The Morgan fingerprint density at radius 1 is 1.30 bits per heavy atom. The van der Waals surface area contributed by atoms with E-state index in [1.807, 2.05) is 0 Å². The minimum absolute atomic E-state index is 0.185. The van der Waals surface area contributed by atoms with Gasteiger partial charge in [-0.25, -0.2) is 4.79 Å². The van der Waals surface area contributed by atoms with Crippen LogP contribution in [0.2, 0.25) is 0 Å². The Bertz CT molecular complexity index is 799. The molecule has 1 aliphatic rings. The normalized spacial score (nSPS) is 18.2. The van der Waals surface area contributed by atoms with E-state index in [1.54, 1.807) is 4.57 Å². The third-order valence-electron chi connectivity index (χ3n) is 5.40. The number of piperidine rings is 1. The molecule has 3 N–H and O–H groups in total. The topological polar surface area (TPSA) is 102 Å². The van der Waals surface area contributed by atoms with Crippen LogP contribution in [0.4, 0.5) is 5.82 Å². The zero-order chi connectivity index (χ0) is 19.2. The molecule has 0 aromatic carbocycles. The van der Waals surface area contributed by atoms with Crippen LogP contribution in [0.1, 0.15) is 52.4 Å². The molecule has 8 heteroatoms. The number of ether oxygens (including phenoxy) is 1. The Kier molecular flexibility index (Phi) is 6.71. The van der Waals surface area contributed by atoms with Crippen molar-refractivity contribution in [1.29, 1.82) is 0 Å². The second-order valence-corrected chi connectivity index (χ2v) is 7.42. The predicted octanol–water partition coefficient (Wildman–Crippen LogP) is 2.39. The first-order valence-electron chi connectivity index (χ1n) is 10.2. The summed E-state index contributed by atoms with van der Waals surface area (Å²) in [7, 11) is 0. The molecule has 2 aromatic rings. The van der Waals surface area contributed by atoms with Gasteiger partial charge >= 0.3 is 11.7 Å². The lowest BCUT2D eigenvalue weighted by atomic mass is 9.93. The number of nitrogen functional groups attached to an aromatic ring is 1. The summed E-state index contributed by atoms with van der Waals surface area (Å²) in [5, 5.41) is 0. The Morgan fingerprint density at radius 3 is 2.93 bits per heavy atom. The van der Waals surface area contributed by atoms with E-state index in [4.69, 9.17) is 10.5 Å². The summed E-state index contributed by atoms with van der Waals surface area (Å²) in [5.41, 5.74) is 6.85. The first-order chi connectivity index (χ1) is 13.1. The first-order valence-corrected chi connectivity index (χ1v) is 10.2. The number of hydrogen-bond acceptors (Lipinski definition) is 6. The zero-order valence-electron chi connectivity index (χ0n) is 16.5. The van der Waals surface area contributed by atoms with Gasteiger partial charge in [0.15, 0.2) is 11.5 Å². The Labute approximate surface area is 160 Å². The Balaban J connectivity index is 1.68. The molecule has 0 saturated carbocycles. The summed E-state index contributed by atoms with van der Waals surface area (Å²) in [4.78, 5) is 26.3. The lowest BCUT2D eigenvalue weighted by molar-refractivity contribution is 0.173. The molecule has 1 saturated heterocycles. The van der Waals surface area contributed by atoms with Crippen LogP contribution in [0, 0.1) is 5.92 Å². The molecule has 150 valence electrons. The SMILES string of the molecule is CCCCOc1nc(N)c2[nH]c(=O)n(CCCC3CCCN(CC)C3)c2n1. The minimum Gasteiger partial charge on any atom is -0.463 e. The molecule has 1 unspecified atom stereocenters. The molecule has 0 amide bonds. The van der Waals surface area contributed by atoms with Gasteiger partial charge in [0.2, 0.25) is 0 Å². The van der Waals surface area contributed by atoms with Crippen LogP contribution in [-0.2, 0) is 6.54 Å². The molecule has 0 bridgehead atoms. The maximum Gasteiger partial charge on any atom is 0.327 e. The van der Waals surface area contributed by atoms with Gasteiger partial charge in [-0.05, 0) is 51.1 Å². The molecule has 3 heterocycles. The van der Waals surface area contributed by atoms with Crippen LogP contribution in [0.15, 0.2) is 4.79 Å². The van der Waals surface area contributed by atoms with Crippen LogP contribution in [-0.4, -0.2) is 50.7 Å². The standard InChI is InChI=1S/C19H32N6O2/c1-3-5-12-27-18-22-16(20)15-17(23-18)25(19(26)21-15)11-7-9-14-8-6-10-24(4-2)13-14/h14H,3-13H2,1-2H3,(H,21,26)(H2,20,22,23). The van der Waals surface area contributed by atoms with Crippen molar-refractivity contribution in [2.75, 3.05) is 32.0 Å². The first kappa shape index (κ1) is 19.7. The van der Waals surface area contributed by atoms with Crippen molar-refractivity contribution < 1.29 is 4.74 Å². The van der Waals surface area contributed by atoms with Gasteiger partial charge in [0.05, 0.1) is 6.61 Å². The van der Waals surface area contributed by atoms with Gasteiger partial charge in [-0.3, -0.25) is 4.57 Å². The Hall–Kier alpha value is -2.09. The highest BCUT2D eigenvalue weighted by molar-refractivity contribution is 5.81. The molecule has 3 rings (SSSR count). The summed E-state index contributed by atoms with van der Waals surface area (Å²) in [6, 6.07) is 0.243. The predicted molar refractivity (Wildman–Crippen MR) is 107 cm³/mol. The van der Waals surface area contributed by atoms with Crippen molar-refractivity contribution in [3.8, 4) is 6.01 Å². The van der Waals surface area contributed by atoms with Crippen LogP contribution in [0.25, 0.3) is 11.2 Å². The summed E-state index contributed by atoms with van der Waals surface area (Å²) in [6.45, 7) is 9.00. The average molecular weight is 377 g/mol. The number of hydrogen-bond donors (Lipinski definition) is 2.